The molecule has 0 unspecified atom stereocenters. The number of benzene rings is 2. The smallest absolute Gasteiger partial charge is 0.0940 e. The third-order valence-corrected chi connectivity index (χ3v) is 5.22. The number of hydrogen-bond donors (Lipinski definition) is 1. The van der Waals surface area contributed by atoms with Crippen molar-refractivity contribution in [2.45, 2.75) is 11.8 Å². The Balaban J connectivity index is 1.92. The van der Waals surface area contributed by atoms with E-state index in [1.807, 2.05) is 12.1 Å². The Bertz CT molecular complexity index is 850. The molecule has 0 fully saturated rings. The molecule has 1 heterocycles. The Morgan fingerprint density at radius 1 is 1.12 bits per heavy atom. The first-order chi connectivity index (χ1) is 11.7. The molecule has 1 aromatic heterocycles. The van der Waals surface area contributed by atoms with Gasteiger partial charge in [0, 0.05) is 10.5 Å². The number of nitrogens with one attached hydrogen (secondary N) is 1. The number of hydrogen-bond acceptors (Lipinski definition) is 4. The fraction of sp³-hybridized carbons (Fsp3) is 0.0500. The molecule has 2 nitrogen and oxygen atoms in total. The quantitative estimate of drug-likeness (QED) is 0.390. The summed E-state index contributed by atoms with van der Waals surface area (Å²) < 4.78 is 3.38. The second kappa shape index (κ2) is 7.51. The van der Waals surface area contributed by atoms with Crippen LogP contribution in [-0.2, 0) is 0 Å². The molecule has 0 amide bonds. The molecular formula is C20H18N2S2. The zero-order valence-electron chi connectivity index (χ0n) is 13.5. The maximum atomic E-state index is 4.24. The van der Waals surface area contributed by atoms with E-state index in [2.05, 4.69) is 77.1 Å². The van der Waals surface area contributed by atoms with Gasteiger partial charge < -0.3 is 4.72 Å². The van der Waals surface area contributed by atoms with Crippen LogP contribution in [0, 0.1) is 6.92 Å². The highest BCUT2D eigenvalue weighted by Crippen LogP contribution is 2.39. The molecule has 3 aromatic rings. The number of thiophene rings is 1. The van der Waals surface area contributed by atoms with Crippen molar-refractivity contribution in [3.8, 4) is 11.1 Å². The van der Waals surface area contributed by atoms with E-state index in [0.29, 0.717) is 0 Å². The topological polar surface area (TPSA) is 24.4 Å². The van der Waals surface area contributed by atoms with E-state index in [-0.39, 0.29) is 0 Å². The van der Waals surface area contributed by atoms with Gasteiger partial charge in [0.1, 0.15) is 0 Å². The van der Waals surface area contributed by atoms with E-state index in [9.17, 15) is 0 Å². The van der Waals surface area contributed by atoms with Gasteiger partial charge in [-0.3, -0.25) is 4.99 Å². The van der Waals surface area contributed by atoms with Gasteiger partial charge in [-0.15, -0.1) is 0 Å². The van der Waals surface area contributed by atoms with E-state index in [1.54, 1.807) is 23.3 Å². The van der Waals surface area contributed by atoms with Crippen LogP contribution in [-0.4, -0.2) is 6.72 Å². The van der Waals surface area contributed by atoms with Gasteiger partial charge in [-0.25, -0.2) is 0 Å². The molecular weight excluding hydrogens is 332 g/mol. The fourth-order valence-electron chi connectivity index (χ4n) is 2.46. The summed E-state index contributed by atoms with van der Waals surface area (Å²) in [6, 6.07) is 14.7. The van der Waals surface area contributed by atoms with Crippen molar-refractivity contribution in [1.82, 2.24) is 0 Å². The third kappa shape index (κ3) is 3.45. The molecule has 1 N–H and O–H groups in total. The Hall–Kier alpha value is -2.30. The third-order valence-electron chi connectivity index (χ3n) is 3.71. The molecule has 0 aliphatic rings. The molecule has 0 saturated carbocycles. The van der Waals surface area contributed by atoms with Crippen molar-refractivity contribution >= 4 is 47.5 Å². The molecule has 120 valence electrons. The lowest BCUT2D eigenvalue weighted by atomic mass is 9.99. The van der Waals surface area contributed by atoms with Crippen LogP contribution >= 0.6 is 23.3 Å². The van der Waals surface area contributed by atoms with Gasteiger partial charge in [0.25, 0.3) is 0 Å². The maximum Gasteiger partial charge on any atom is 0.0940 e. The van der Waals surface area contributed by atoms with Gasteiger partial charge in [0.15, 0.2) is 0 Å². The minimum atomic E-state index is 0.827. The zero-order valence-corrected chi connectivity index (χ0v) is 15.1. The fourth-order valence-corrected chi connectivity index (χ4v) is 3.78. The van der Waals surface area contributed by atoms with Gasteiger partial charge in [0.05, 0.1) is 11.4 Å². The lowest BCUT2D eigenvalue weighted by Gasteiger charge is -2.14. The first-order valence-electron chi connectivity index (χ1n) is 7.51. The molecule has 0 atom stereocenters. The van der Waals surface area contributed by atoms with Crippen LogP contribution in [0.1, 0.15) is 11.1 Å². The molecule has 3 rings (SSSR count). The SMILES string of the molecule is C=Cc1c(-c2ccsc2)ccc(NSc2ccc(C)cc2)c1N=C. The summed E-state index contributed by atoms with van der Waals surface area (Å²) in [7, 11) is 0. The van der Waals surface area contributed by atoms with Crippen LogP contribution < -0.4 is 4.72 Å². The lowest BCUT2D eigenvalue weighted by Crippen LogP contribution is -1.91. The molecule has 0 radical (unpaired) electrons. The molecule has 0 spiro atoms. The Morgan fingerprint density at radius 2 is 1.92 bits per heavy atom. The minimum absolute atomic E-state index is 0.827. The summed E-state index contributed by atoms with van der Waals surface area (Å²) in [4.78, 5) is 5.40. The van der Waals surface area contributed by atoms with Gasteiger partial charge >= 0.3 is 0 Å². The normalized spacial score (nSPS) is 10.4. The van der Waals surface area contributed by atoms with Crippen LogP contribution in [0.2, 0.25) is 0 Å². The van der Waals surface area contributed by atoms with Gasteiger partial charge in [0.2, 0.25) is 0 Å². The number of nitrogens with zero attached hydrogens (tertiary/aromatic N) is 1. The number of anilines is 1. The van der Waals surface area contributed by atoms with Gasteiger partial charge in [-0.05, 0) is 71.7 Å². The predicted molar refractivity (Wildman–Crippen MR) is 110 cm³/mol. The second-order valence-electron chi connectivity index (χ2n) is 5.31. The van der Waals surface area contributed by atoms with Crippen LogP contribution in [0.4, 0.5) is 11.4 Å². The Kier molecular flexibility index (Phi) is 5.18. The average molecular weight is 351 g/mol. The van der Waals surface area contributed by atoms with Crippen molar-refractivity contribution in [2.75, 3.05) is 4.72 Å². The van der Waals surface area contributed by atoms with Crippen molar-refractivity contribution in [3.05, 3.63) is 70.9 Å². The molecule has 0 aliphatic heterocycles. The van der Waals surface area contributed by atoms with Crippen LogP contribution in [0.3, 0.4) is 0 Å². The summed E-state index contributed by atoms with van der Waals surface area (Å²) >= 11 is 3.24. The molecule has 0 saturated heterocycles. The van der Waals surface area contributed by atoms with E-state index < -0.39 is 0 Å². The van der Waals surface area contributed by atoms with Gasteiger partial charge in [-0.2, -0.15) is 11.3 Å². The first-order valence-corrected chi connectivity index (χ1v) is 9.27. The monoisotopic (exact) mass is 350 g/mol. The Labute approximate surface area is 151 Å². The summed E-state index contributed by atoms with van der Waals surface area (Å²) in [6.07, 6.45) is 1.85. The molecule has 4 heteroatoms. The van der Waals surface area contributed by atoms with Crippen molar-refractivity contribution in [2.24, 2.45) is 4.99 Å². The number of rotatable bonds is 6. The maximum absolute atomic E-state index is 4.24. The zero-order chi connectivity index (χ0) is 16.9. The summed E-state index contributed by atoms with van der Waals surface area (Å²) in [5, 5.41) is 4.20. The van der Waals surface area contributed by atoms with Crippen LogP contribution in [0.5, 0.6) is 0 Å². The van der Waals surface area contributed by atoms with E-state index in [1.165, 1.54) is 11.1 Å². The summed E-state index contributed by atoms with van der Waals surface area (Å²) in [6.45, 7) is 9.79. The summed E-state index contributed by atoms with van der Waals surface area (Å²) in [5.41, 5.74) is 6.31. The van der Waals surface area contributed by atoms with Crippen molar-refractivity contribution < 1.29 is 0 Å². The summed E-state index contributed by atoms with van der Waals surface area (Å²) in [5.74, 6) is 0. The van der Waals surface area contributed by atoms with E-state index >= 15 is 0 Å². The van der Waals surface area contributed by atoms with E-state index in [0.717, 1.165) is 27.4 Å². The number of aryl methyl sites for hydroxylation is 1. The highest BCUT2D eigenvalue weighted by molar-refractivity contribution is 8.00. The largest absolute Gasteiger partial charge is 0.324 e. The number of aliphatic imine (C=N–C) groups is 1. The highest BCUT2D eigenvalue weighted by atomic mass is 32.2. The van der Waals surface area contributed by atoms with Crippen molar-refractivity contribution in [1.29, 1.82) is 0 Å². The van der Waals surface area contributed by atoms with E-state index in [4.69, 9.17) is 0 Å². The van der Waals surface area contributed by atoms with Crippen molar-refractivity contribution in [3.63, 3.8) is 0 Å². The predicted octanol–water partition coefficient (Wildman–Crippen LogP) is 6.82. The first kappa shape index (κ1) is 16.6. The van der Waals surface area contributed by atoms with Gasteiger partial charge in [-0.1, -0.05) is 36.4 Å². The average Bonchev–Trinajstić information content (AvgIpc) is 3.14. The molecule has 0 aliphatic carbocycles. The lowest BCUT2D eigenvalue weighted by molar-refractivity contribution is 1.38. The van der Waals surface area contributed by atoms with Crippen LogP contribution in [0.15, 0.2) is 69.7 Å². The molecule has 0 bridgehead atoms. The molecule has 2 aromatic carbocycles. The molecule has 24 heavy (non-hydrogen) atoms. The standard InChI is InChI=1S/C20H18N2S2/c1-4-17-18(15-11-12-23-13-15)9-10-19(20(17)21-3)22-24-16-7-5-14(2)6-8-16/h4-13,22H,1,3H2,2H3. The highest BCUT2D eigenvalue weighted by Gasteiger charge is 2.12. The minimum Gasteiger partial charge on any atom is -0.324 e. The Morgan fingerprint density at radius 3 is 2.54 bits per heavy atom. The van der Waals surface area contributed by atoms with Crippen LogP contribution in [0.25, 0.3) is 17.2 Å². The second-order valence-corrected chi connectivity index (χ2v) is 6.97.